The number of carbonyl (C=O) groups excluding carboxylic acids is 2. The van der Waals surface area contributed by atoms with Crippen molar-refractivity contribution in [2.75, 3.05) is 51.8 Å². The van der Waals surface area contributed by atoms with Gasteiger partial charge in [0.05, 0.1) is 31.7 Å². The predicted octanol–water partition coefficient (Wildman–Crippen LogP) is 3.93. The van der Waals surface area contributed by atoms with E-state index >= 15 is 0 Å². The fourth-order valence-electron chi connectivity index (χ4n) is 4.11. The number of hydrogen-bond donors (Lipinski definition) is 0. The fraction of sp³-hybridized carbons (Fsp3) is 0.556. The highest BCUT2D eigenvalue weighted by atomic mass is 35.5. The molecule has 2 aromatic rings. The zero-order valence-corrected chi connectivity index (χ0v) is 21.9. The third-order valence-electron chi connectivity index (χ3n) is 6.24. The van der Waals surface area contributed by atoms with Crippen LogP contribution in [-0.4, -0.2) is 78.3 Å². The minimum Gasteiger partial charge on any atom is -0.464 e. The van der Waals surface area contributed by atoms with Crippen LogP contribution in [0.3, 0.4) is 0 Å². The lowest BCUT2D eigenvalue weighted by Gasteiger charge is -2.33. The average Bonchev–Trinajstić information content (AvgIpc) is 3.28. The van der Waals surface area contributed by atoms with Crippen LogP contribution >= 0.6 is 11.6 Å². The summed E-state index contributed by atoms with van der Waals surface area (Å²) in [4.78, 5) is 32.7. The number of rotatable bonds is 12. The summed E-state index contributed by atoms with van der Waals surface area (Å²) in [6, 6.07) is 13.6. The van der Waals surface area contributed by atoms with Gasteiger partial charge in [-0.05, 0) is 44.9 Å². The molecule has 0 radical (unpaired) electrons. The summed E-state index contributed by atoms with van der Waals surface area (Å²) < 4.78 is 11.2. The van der Waals surface area contributed by atoms with Gasteiger partial charge < -0.3 is 19.0 Å². The van der Waals surface area contributed by atoms with Crippen LogP contribution in [0.15, 0.2) is 46.9 Å². The Morgan fingerprint density at radius 1 is 1.03 bits per heavy atom. The first-order chi connectivity index (χ1) is 16.8. The van der Waals surface area contributed by atoms with Crippen molar-refractivity contribution in [1.82, 2.24) is 14.7 Å². The maximum atomic E-state index is 13.6. The van der Waals surface area contributed by atoms with Crippen LogP contribution in [0.1, 0.15) is 37.4 Å². The molecule has 0 saturated carbocycles. The molecule has 1 saturated heterocycles. The molecular weight excluding hydrogens is 466 g/mol. The fourth-order valence-corrected chi connectivity index (χ4v) is 4.22. The van der Waals surface area contributed by atoms with E-state index in [-0.39, 0.29) is 24.2 Å². The highest BCUT2D eigenvalue weighted by molar-refractivity contribution is 6.19. The summed E-state index contributed by atoms with van der Waals surface area (Å²) in [6.07, 6.45) is 0.785. The van der Waals surface area contributed by atoms with Crippen LogP contribution in [0.5, 0.6) is 0 Å². The Labute approximate surface area is 214 Å². The van der Waals surface area contributed by atoms with Crippen molar-refractivity contribution in [3.63, 3.8) is 0 Å². The Bertz CT molecular complexity index is 941. The van der Waals surface area contributed by atoms with E-state index in [1.54, 1.807) is 9.80 Å². The molecule has 0 atom stereocenters. The number of furan rings is 1. The van der Waals surface area contributed by atoms with E-state index < -0.39 is 5.41 Å². The zero-order valence-electron chi connectivity index (χ0n) is 21.2. The summed E-state index contributed by atoms with van der Waals surface area (Å²) in [6.45, 7) is 11.0. The number of benzene rings is 1. The molecule has 0 unspecified atom stereocenters. The molecule has 1 aromatic heterocycles. The minimum absolute atomic E-state index is 0.00872. The van der Waals surface area contributed by atoms with Gasteiger partial charge in [-0.15, -0.1) is 11.6 Å². The molecule has 0 bridgehead atoms. The van der Waals surface area contributed by atoms with Crippen LogP contribution in [0.4, 0.5) is 0 Å². The number of halogens is 1. The summed E-state index contributed by atoms with van der Waals surface area (Å²) in [7, 11) is 0. The van der Waals surface area contributed by atoms with Gasteiger partial charge in [0.2, 0.25) is 11.8 Å². The van der Waals surface area contributed by atoms with Crippen LogP contribution in [-0.2, 0) is 27.4 Å². The largest absolute Gasteiger partial charge is 0.464 e. The molecule has 1 aromatic carbocycles. The Kier molecular flexibility index (Phi) is 10.2. The van der Waals surface area contributed by atoms with Crippen molar-refractivity contribution in [3.05, 3.63) is 59.5 Å². The minimum atomic E-state index is -0.747. The lowest BCUT2D eigenvalue weighted by molar-refractivity contribution is -0.146. The van der Waals surface area contributed by atoms with Gasteiger partial charge in [0.1, 0.15) is 11.5 Å². The number of morpholine rings is 1. The van der Waals surface area contributed by atoms with Gasteiger partial charge in [0.25, 0.3) is 0 Å². The summed E-state index contributed by atoms with van der Waals surface area (Å²) >= 11 is 6.13. The SMILES string of the molecule is Cc1ccc(CN(Cc2ccccc2)C(=O)CN(CCCN2CCOCC2)C(=O)C(C)(C)CCl)o1. The second-order valence-corrected chi connectivity index (χ2v) is 10.1. The smallest absolute Gasteiger partial charge is 0.242 e. The molecule has 2 heterocycles. The molecule has 2 amide bonds. The summed E-state index contributed by atoms with van der Waals surface area (Å²) in [5, 5.41) is 0. The maximum Gasteiger partial charge on any atom is 0.242 e. The standard InChI is InChI=1S/C27H38ClN3O4/c1-22-10-11-24(35-22)19-31(18-23-8-5-4-6-9-23)25(32)20-30(26(33)27(2,3)21-28)13-7-12-29-14-16-34-17-15-29/h4-6,8-11H,7,12-21H2,1-3H3. The zero-order chi connectivity index (χ0) is 25.3. The van der Waals surface area contributed by atoms with E-state index in [0.29, 0.717) is 19.6 Å². The first-order valence-electron chi connectivity index (χ1n) is 12.3. The van der Waals surface area contributed by atoms with Crippen LogP contribution < -0.4 is 0 Å². The number of alkyl halides is 1. The maximum absolute atomic E-state index is 13.6. The van der Waals surface area contributed by atoms with Gasteiger partial charge in [-0.1, -0.05) is 30.3 Å². The highest BCUT2D eigenvalue weighted by Crippen LogP contribution is 2.22. The van der Waals surface area contributed by atoms with E-state index in [4.69, 9.17) is 20.8 Å². The molecule has 0 N–H and O–H groups in total. The van der Waals surface area contributed by atoms with E-state index in [9.17, 15) is 9.59 Å². The van der Waals surface area contributed by atoms with Gasteiger partial charge in [0, 0.05) is 38.6 Å². The molecule has 0 spiro atoms. The lowest BCUT2D eigenvalue weighted by Crippen LogP contribution is -2.48. The van der Waals surface area contributed by atoms with Gasteiger partial charge in [0.15, 0.2) is 0 Å². The average molecular weight is 504 g/mol. The number of amides is 2. The van der Waals surface area contributed by atoms with Gasteiger partial charge in [-0.2, -0.15) is 0 Å². The molecule has 3 rings (SSSR count). The van der Waals surface area contributed by atoms with E-state index in [1.807, 2.05) is 63.2 Å². The van der Waals surface area contributed by atoms with Crippen molar-refractivity contribution in [2.45, 2.75) is 40.3 Å². The van der Waals surface area contributed by atoms with Crippen molar-refractivity contribution in [1.29, 1.82) is 0 Å². The Morgan fingerprint density at radius 3 is 2.37 bits per heavy atom. The van der Waals surface area contributed by atoms with Crippen LogP contribution in [0.2, 0.25) is 0 Å². The number of carbonyl (C=O) groups is 2. The molecule has 35 heavy (non-hydrogen) atoms. The Morgan fingerprint density at radius 2 is 1.74 bits per heavy atom. The molecular formula is C27H38ClN3O4. The number of aryl methyl sites for hydroxylation is 1. The molecule has 1 aliphatic rings. The predicted molar refractivity (Wildman–Crippen MR) is 137 cm³/mol. The topological polar surface area (TPSA) is 66.2 Å². The van der Waals surface area contributed by atoms with Gasteiger partial charge in [-0.25, -0.2) is 0 Å². The lowest BCUT2D eigenvalue weighted by atomic mass is 9.94. The van der Waals surface area contributed by atoms with Crippen molar-refractivity contribution in [3.8, 4) is 0 Å². The quantitative estimate of drug-likeness (QED) is 0.410. The first kappa shape index (κ1) is 27.2. The molecule has 1 fully saturated rings. The Balaban J connectivity index is 1.72. The van der Waals surface area contributed by atoms with E-state index in [1.165, 1.54) is 0 Å². The third-order valence-corrected chi connectivity index (χ3v) is 6.91. The summed E-state index contributed by atoms with van der Waals surface area (Å²) in [5.41, 5.74) is 0.277. The monoisotopic (exact) mass is 503 g/mol. The number of ether oxygens (including phenoxy) is 1. The number of hydrogen-bond acceptors (Lipinski definition) is 5. The second-order valence-electron chi connectivity index (χ2n) is 9.80. The normalized spacial score (nSPS) is 14.6. The molecule has 0 aliphatic carbocycles. The molecule has 7 nitrogen and oxygen atoms in total. The van der Waals surface area contributed by atoms with Crippen molar-refractivity contribution < 1.29 is 18.7 Å². The van der Waals surface area contributed by atoms with E-state index in [2.05, 4.69) is 4.90 Å². The van der Waals surface area contributed by atoms with Crippen LogP contribution in [0, 0.1) is 12.3 Å². The molecule has 1 aliphatic heterocycles. The highest BCUT2D eigenvalue weighted by Gasteiger charge is 2.33. The van der Waals surface area contributed by atoms with Gasteiger partial charge >= 0.3 is 0 Å². The van der Waals surface area contributed by atoms with E-state index in [0.717, 1.165) is 56.4 Å². The Hall–Kier alpha value is -2.35. The number of nitrogens with zero attached hydrogens (tertiary/aromatic N) is 3. The molecule has 192 valence electrons. The summed E-state index contributed by atoms with van der Waals surface area (Å²) in [5.74, 6) is 1.50. The molecule has 8 heteroatoms. The van der Waals surface area contributed by atoms with Crippen molar-refractivity contribution in [2.24, 2.45) is 5.41 Å². The van der Waals surface area contributed by atoms with Gasteiger partial charge in [-0.3, -0.25) is 14.5 Å². The first-order valence-corrected chi connectivity index (χ1v) is 12.8. The second kappa shape index (κ2) is 13.1. The van der Waals surface area contributed by atoms with Crippen LogP contribution in [0.25, 0.3) is 0 Å². The van der Waals surface area contributed by atoms with Crippen molar-refractivity contribution >= 4 is 23.4 Å². The third kappa shape index (κ3) is 8.37.